The first-order valence-corrected chi connectivity index (χ1v) is 7.17. The van der Waals surface area contributed by atoms with E-state index >= 15 is 0 Å². The fourth-order valence-corrected chi connectivity index (χ4v) is 2.01. The number of ether oxygens (including phenoxy) is 1. The average molecular weight is 318 g/mol. The average Bonchev–Trinajstić information content (AvgIpc) is 2.47. The molecule has 0 saturated carbocycles. The van der Waals surface area contributed by atoms with Crippen molar-refractivity contribution >= 4 is 29.0 Å². The third-order valence-electron chi connectivity index (χ3n) is 3.04. The Hall–Kier alpha value is -2.33. The summed E-state index contributed by atoms with van der Waals surface area (Å²) in [6.07, 6.45) is -0.675. The number of ketones is 1. The van der Waals surface area contributed by atoms with Gasteiger partial charge in [0.05, 0.1) is 0 Å². The fraction of sp³-hybridized carbons (Fsp3) is 0.176. The number of Topliss-reactive ketones (excluding diaryl/α,β-unsaturated/α-hetero) is 1. The van der Waals surface area contributed by atoms with Crippen molar-refractivity contribution in [3.05, 3.63) is 59.1 Å². The molecule has 1 amide bonds. The van der Waals surface area contributed by atoms with Crippen LogP contribution in [-0.4, -0.2) is 17.8 Å². The molecule has 5 heteroatoms. The summed E-state index contributed by atoms with van der Waals surface area (Å²) in [5.74, 6) is 0.230. The van der Waals surface area contributed by atoms with Gasteiger partial charge in [0.15, 0.2) is 11.9 Å². The monoisotopic (exact) mass is 317 g/mol. The standard InChI is InChI=1S/C17H16ClNO3/c1-11(20)13-6-8-15(9-7-13)19-17(21)12(2)22-16-5-3-4-14(18)10-16/h3-10,12H,1-2H3,(H,19,21). The second-order valence-corrected chi connectivity index (χ2v) is 5.28. The van der Waals surface area contributed by atoms with Crippen LogP contribution in [0.3, 0.4) is 0 Å². The molecule has 2 aromatic carbocycles. The fourth-order valence-electron chi connectivity index (χ4n) is 1.83. The van der Waals surface area contributed by atoms with E-state index in [1.54, 1.807) is 55.5 Å². The Morgan fingerprint density at radius 2 is 1.82 bits per heavy atom. The Labute approximate surface area is 134 Å². The summed E-state index contributed by atoms with van der Waals surface area (Å²) in [5, 5.41) is 3.28. The molecule has 0 aliphatic rings. The summed E-state index contributed by atoms with van der Waals surface area (Å²) in [4.78, 5) is 23.3. The first-order chi connectivity index (χ1) is 10.5. The van der Waals surface area contributed by atoms with E-state index in [2.05, 4.69) is 5.32 Å². The highest BCUT2D eigenvalue weighted by molar-refractivity contribution is 6.30. The van der Waals surface area contributed by atoms with Crippen LogP contribution in [0.2, 0.25) is 5.02 Å². The zero-order chi connectivity index (χ0) is 16.1. The van der Waals surface area contributed by atoms with Gasteiger partial charge < -0.3 is 10.1 Å². The molecule has 4 nitrogen and oxygen atoms in total. The Bertz CT molecular complexity index is 683. The van der Waals surface area contributed by atoms with Crippen molar-refractivity contribution in [2.45, 2.75) is 20.0 Å². The third-order valence-corrected chi connectivity index (χ3v) is 3.27. The molecule has 0 bridgehead atoms. The molecule has 1 atom stereocenters. The molecule has 2 rings (SSSR count). The number of carbonyl (C=O) groups is 2. The van der Waals surface area contributed by atoms with E-state index in [9.17, 15) is 9.59 Å². The molecule has 1 unspecified atom stereocenters. The second-order valence-electron chi connectivity index (χ2n) is 4.84. The van der Waals surface area contributed by atoms with Crippen molar-refractivity contribution < 1.29 is 14.3 Å². The van der Waals surface area contributed by atoms with Crippen LogP contribution in [0.4, 0.5) is 5.69 Å². The van der Waals surface area contributed by atoms with Crippen molar-refractivity contribution in [2.24, 2.45) is 0 Å². The lowest BCUT2D eigenvalue weighted by molar-refractivity contribution is -0.122. The molecule has 0 spiro atoms. The number of hydrogen-bond acceptors (Lipinski definition) is 3. The van der Waals surface area contributed by atoms with Gasteiger partial charge in [-0.05, 0) is 56.3 Å². The highest BCUT2D eigenvalue weighted by atomic mass is 35.5. The van der Waals surface area contributed by atoms with Crippen LogP contribution in [-0.2, 0) is 4.79 Å². The van der Waals surface area contributed by atoms with Crippen LogP contribution in [0.1, 0.15) is 24.2 Å². The Kier molecular flexibility index (Phi) is 5.17. The summed E-state index contributed by atoms with van der Waals surface area (Å²) >= 11 is 5.87. The van der Waals surface area contributed by atoms with Gasteiger partial charge >= 0.3 is 0 Å². The number of hydrogen-bond donors (Lipinski definition) is 1. The van der Waals surface area contributed by atoms with Gasteiger partial charge in [-0.3, -0.25) is 9.59 Å². The van der Waals surface area contributed by atoms with Crippen molar-refractivity contribution in [3.63, 3.8) is 0 Å². The molecule has 1 N–H and O–H groups in total. The van der Waals surface area contributed by atoms with Gasteiger partial charge in [0.25, 0.3) is 5.91 Å². The van der Waals surface area contributed by atoms with E-state index in [4.69, 9.17) is 16.3 Å². The van der Waals surface area contributed by atoms with E-state index in [1.807, 2.05) is 0 Å². The Morgan fingerprint density at radius 3 is 2.41 bits per heavy atom. The number of benzene rings is 2. The number of nitrogens with one attached hydrogen (secondary N) is 1. The van der Waals surface area contributed by atoms with E-state index in [0.29, 0.717) is 22.0 Å². The SMILES string of the molecule is CC(=O)c1ccc(NC(=O)C(C)Oc2cccc(Cl)c2)cc1. The van der Waals surface area contributed by atoms with Gasteiger partial charge in [-0.15, -0.1) is 0 Å². The number of halogens is 1. The highest BCUT2D eigenvalue weighted by Crippen LogP contribution is 2.19. The van der Waals surface area contributed by atoms with Gasteiger partial charge in [-0.2, -0.15) is 0 Å². The Morgan fingerprint density at radius 1 is 1.14 bits per heavy atom. The van der Waals surface area contributed by atoms with Gasteiger partial charge in [-0.1, -0.05) is 17.7 Å². The summed E-state index contributed by atoms with van der Waals surface area (Å²) in [6.45, 7) is 3.15. The van der Waals surface area contributed by atoms with E-state index in [-0.39, 0.29) is 11.7 Å². The molecule has 0 saturated heterocycles. The maximum absolute atomic E-state index is 12.1. The molecule has 114 valence electrons. The molecule has 0 aromatic heterocycles. The third kappa shape index (κ3) is 4.33. The number of carbonyl (C=O) groups excluding carboxylic acids is 2. The lowest BCUT2D eigenvalue weighted by Crippen LogP contribution is -2.30. The van der Waals surface area contributed by atoms with Crippen LogP contribution in [0.15, 0.2) is 48.5 Å². The quantitative estimate of drug-likeness (QED) is 0.850. The lowest BCUT2D eigenvalue weighted by Gasteiger charge is -2.15. The molecule has 0 radical (unpaired) electrons. The minimum Gasteiger partial charge on any atom is -0.481 e. The number of anilines is 1. The van der Waals surface area contributed by atoms with Crippen LogP contribution in [0.25, 0.3) is 0 Å². The second kappa shape index (κ2) is 7.09. The van der Waals surface area contributed by atoms with E-state index in [0.717, 1.165) is 0 Å². The first kappa shape index (κ1) is 16.0. The van der Waals surface area contributed by atoms with Crippen LogP contribution >= 0.6 is 11.6 Å². The van der Waals surface area contributed by atoms with Gasteiger partial charge in [0.1, 0.15) is 5.75 Å². The zero-order valence-corrected chi connectivity index (χ0v) is 13.1. The lowest BCUT2D eigenvalue weighted by atomic mass is 10.1. The predicted molar refractivity (Wildman–Crippen MR) is 86.6 cm³/mol. The number of rotatable bonds is 5. The summed E-state index contributed by atoms with van der Waals surface area (Å²) in [6, 6.07) is 13.6. The normalized spacial score (nSPS) is 11.6. The zero-order valence-electron chi connectivity index (χ0n) is 12.3. The van der Waals surface area contributed by atoms with Crippen molar-refractivity contribution in [3.8, 4) is 5.75 Å². The highest BCUT2D eigenvalue weighted by Gasteiger charge is 2.15. The number of amides is 1. The Balaban J connectivity index is 1.97. The van der Waals surface area contributed by atoms with Crippen molar-refractivity contribution in [2.75, 3.05) is 5.32 Å². The largest absolute Gasteiger partial charge is 0.481 e. The molecular weight excluding hydrogens is 302 g/mol. The van der Waals surface area contributed by atoms with Gasteiger partial charge in [-0.25, -0.2) is 0 Å². The molecular formula is C17H16ClNO3. The van der Waals surface area contributed by atoms with E-state index < -0.39 is 6.10 Å². The first-order valence-electron chi connectivity index (χ1n) is 6.80. The summed E-state index contributed by atoms with van der Waals surface area (Å²) < 4.78 is 5.54. The molecule has 22 heavy (non-hydrogen) atoms. The molecule has 0 fully saturated rings. The minimum atomic E-state index is -0.675. The van der Waals surface area contributed by atoms with Crippen LogP contribution < -0.4 is 10.1 Å². The van der Waals surface area contributed by atoms with Crippen LogP contribution in [0.5, 0.6) is 5.75 Å². The van der Waals surface area contributed by atoms with Gasteiger partial charge in [0.2, 0.25) is 0 Å². The van der Waals surface area contributed by atoms with Crippen molar-refractivity contribution in [1.29, 1.82) is 0 Å². The summed E-state index contributed by atoms with van der Waals surface area (Å²) in [7, 11) is 0. The van der Waals surface area contributed by atoms with Gasteiger partial charge in [0, 0.05) is 16.3 Å². The van der Waals surface area contributed by atoms with Crippen LogP contribution in [0, 0.1) is 0 Å². The maximum Gasteiger partial charge on any atom is 0.265 e. The smallest absolute Gasteiger partial charge is 0.265 e. The topological polar surface area (TPSA) is 55.4 Å². The maximum atomic E-state index is 12.1. The molecule has 0 aliphatic heterocycles. The summed E-state index contributed by atoms with van der Waals surface area (Å²) in [5.41, 5.74) is 1.21. The van der Waals surface area contributed by atoms with E-state index in [1.165, 1.54) is 6.92 Å². The molecule has 2 aromatic rings. The van der Waals surface area contributed by atoms with Crippen molar-refractivity contribution in [1.82, 2.24) is 0 Å². The molecule has 0 heterocycles. The molecule has 0 aliphatic carbocycles. The minimum absolute atomic E-state index is 0.0180. The predicted octanol–water partition coefficient (Wildman–Crippen LogP) is 3.95.